The van der Waals surface area contributed by atoms with Crippen LogP contribution in [0.5, 0.6) is 5.75 Å². The summed E-state index contributed by atoms with van der Waals surface area (Å²) in [6.45, 7) is 2.67. The zero-order valence-corrected chi connectivity index (χ0v) is 12.0. The van der Waals surface area contributed by atoms with Gasteiger partial charge in [-0.25, -0.2) is 0 Å². The summed E-state index contributed by atoms with van der Waals surface area (Å²) in [7, 11) is 0. The van der Waals surface area contributed by atoms with Crippen LogP contribution in [0, 0.1) is 0 Å². The number of fused-ring (bicyclic) bond motifs is 1. The van der Waals surface area contributed by atoms with Crippen LogP contribution in [-0.4, -0.2) is 12.5 Å². The van der Waals surface area contributed by atoms with Crippen molar-refractivity contribution in [1.82, 2.24) is 0 Å². The van der Waals surface area contributed by atoms with Crippen LogP contribution < -0.4 is 15.4 Å². The summed E-state index contributed by atoms with van der Waals surface area (Å²) in [6.07, 6.45) is 0.258. The molecule has 0 bridgehead atoms. The summed E-state index contributed by atoms with van der Waals surface area (Å²) >= 11 is 0. The van der Waals surface area contributed by atoms with Crippen molar-refractivity contribution in [3.8, 4) is 5.75 Å². The summed E-state index contributed by atoms with van der Waals surface area (Å²) in [5.41, 5.74) is 8.15. The normalized spacial score (nSPS) is 17.3. The Hall–Kier alpha value is -2.49. The molecule has 0 fully saturated rings. The maximum absolute atomic E-state index is 12.8. The van der Waals surface area contributed by atoms with Gasteiger partial charge in [0.15, 0.2) is 0 Å². The average molecular weight is 282 g/mol. The standard InChI is InChI=1S/C17H18N2O2/c1-2-11-19-15-13(18)9-6-10-14(15)21-16(17(19)20)12-7-4-3-5-8-12/h3-10,16H,2,11,18H2,1H3. The van der Waals surface area contributed by atoms with Crippen LogP contribution in [0.2, 0.25) is 0 Å². The molecule has 1 aliphatic heterocycles. The second-order valence-electron chi connectivity index (χ2n) is 5.09. The van der Waals surface area contributed by atoms with Crippen molar-refractivity contribution in [3.63, 3.8) is 0 Å². The molecule has 2 aromatic carbocycles. The number of hydrogen-bond donors (Lipinski definition) is 1. The second-order valence-corrected chi connectivity index (χ2v) is 5.09. The van der Waals surface area contributed by atoms with E-state index in [1.807, 2.05) is 49.4 Å². The third-order valence-corrected chi connectivity index (χ3v) is 3.58. The predicted molar refractivity (Wildman–Crippen MR) is 83.3 cm³/mol. The minimum Gasteiger partial charge on any atom is -0.474 e. The van der Waals surface area contributed by atoms with E-state index < -0.39 is 6.10 Å². The summed E-state index contributed by atoms with van der Waals surface area (Å²) in [5.74, 6) is 0.602. The molecule has 1 heterocycles. The van der Waals surface area contributed by atoms with Crippen molar-refractivity contribution in [2.24, 2.45) is 0 Å². The van der Waals surface area contributed by atoms with Crippen molar-refractivity contribution in [2.45, 2.75) is 19.4 Å². The molecule has 0 radical (unpaired) electrons. The molecule has 1 unspecified atom stereocenters. The molecule has 2 aromatic rings. The third-order valence-electron chi connectivity index (χ3n) is 3.58. The number of carbonyl (C=O) groups excluding carboxylic acids is 1. The molecule has 1 aliphatic rings. The van der Waals surface area contributed by atoms with E-state index in [4.69, 9.17) is 10.5 Å². The fourth-order valence-corrected chi connectivity index (χ4v) is 2.64. The Kier molecular flexibility index (Phi) is 3.52. The zero-order chi connectivity index (χ0) is 14.8. The van der Waals surface area contributed by atoms with Crippen molar-refractivity contribution < 1.29 is 9.53 Å². The van der Waals surface area contributed by atoms with Crippen LogP contribution in [0.3, 0.4) is 0 Å². The lowest BCUT2D eigenvalue weighted by molar-refractivity contribution is -0.126. The lowest BCUT2D eigenvalue weighted by Gasteiger charge is -2.35. The highest BCUT2D eigenvalue weighted by atomic mass is 16.5. The van der Waals surface area contributed by atoms with Crippen LogP contribution >= 0.6 is 0 Å². The number of anilines is 2. The van der Waals surface area contributed by atoms with E-state index in [1.54, 1.807) is 11.0 Å². The molecule has 108 valence electrons. The van der Waals surface area contributed by atoms with E-state index in [-0.39, 0.29) is 5.91 Å². The zero-order valence-electron chi connectivity index (χ0n) is 12.0. The van der Waals surface area contributed by atoms with Crippen LogP contribution in [0.4, 0.5) is 11.4 Å². The molecule has 0 saturated heterocycles. The number of amides is 1. The lowest BCUT2D eigenvalue weighted by atomic mass is 10.0. The molecule has 0 saturated carbocycles. The third kappa shape index (κ3) is 2.33. The number of nitrogens with two attached hydrogens (primary N) is 1. The smallest absolute Gasteiger partial charge is 0.272 e. The van der Waals surface area contributed by atoms with Gasteiger partial charge in [-0.05, 0) is 18.6 Å². The topological polar surface area (TPSA) is 55.6 Å². The Morgan fingerprint density at radius 2 is 1.90 bits per heavy atom. The molecule has 1 atom stereocenters. The largest absolute Gasteiger partial charge is 0.474 e. The predicted octanol–water partition coefficient (Wildman–Crippen LogP) is 3.15. The lowest BCUT2D eigenvalue weighted by Crippen LogP contribution is -2.42. The van der Waals surface area contributed by atoms with Crippen LogP contribution in [0.15, 0.2) is 48.5 Å². The van der Waals surface area contributed by atoms with Gasteiger partial charge < -0.3 is 15.4 Å². The monoisotopic (exact) mass is 282 g/mol. The number of nitrogens with zero attached hydrogens (tertiary/aromatic N) is 1. The van der Waals surface area contributed by atoms with E-state index in [1.165, 1.54) is 0 Å². The summed E-state index contributed by atoms with van der Waals surface area (Å²) in [5, 5.41) is 0. The van der Waals surface area contributed by atoms with Gasteiger partial charge in [-0.2, -0.15) is 0 Å². The summed E-state index contributed by atoms with van der Waals surface area (Å²) < 4.78 is 5.92. The van der Waals surface area contributed by atoms with E-state index in [0.29, 0.717) is 23.7 Å². The molecular weight excluding hydrogens is 264 g/mol. The first-order valence-corrected chi connectivity index (χ1v) is 7.14. The highest BCUT2D eigenvalue weighted by Crippen LogP contribution is 2.42. The minimum atomic E-state index is -0.605. The first kappa shape index (κ1) is 13.5. The van der Waals surface area contributed by atoms with Gasteiger partial charge in [0, 0.05) is 12.1 Å². The van der Waals surface area contributed by atoms with Gasteiger partial charge in [0.25, 0.3) is 5.91 Å². The van der Waals surface area contributed by atoms with E-state index in [0.717, 1.165) is 12.0 Å². The molecule has 2 N–H and O–H groups in total. The Morgan fingerprint density at radius 3 is 2.62 bits per heavy atom. The number of benzene rings is 2. The number of hydrogen-bond acceptors (Lipinski definition) is 3. The van der Waals surface area contributed by atoms with Gasteiger partial charge in [-0.15, -0.1) is 0 Å². The Balaban J connectivity index is 2.07. The SMILES string of the molecule is CCCN1C(=O)C(c2ccccc2)Oc2cccc(N)c21. The van der Waals surface area contributed by atoms with Gasteiger partial charge >= 0.3 is 0 Å². The van der Waals surface area contributed by atoms with Crippen LogP contribution in [0.25, 0.3) is 0 Å². The second kappa shape index (κ2) is 5.48. The van der Waals surface area contributed by atoms with Gasteiger partial charge in [0.1, 0.15) is 11.4 Å². The molecule has 3 rings (SSSR count). The van der Waals surface area contributed by atoms with Crippen LogP contribution in [-0.2, 0) is 4.79 Å². The number of para-hydroxylation sites is 1. The molecule has 0 aliphatic carbocycles. The van der Waals surface area contributed by atoms with Gasteiger partial charge in [-0.3, -0.25) is 4.79 Å². The average Bonchev–Trinajstić information content (AvgIpc) is 2.51. The fourth-order valence-electron chi connectivity index (χ4n) is 2.64. The molecule has 4 nitrogen and oxygen atoms in total. The minimum absolute atomic E-state index is 0.0616. The number of ether oxygens (including phenoxy) is 1. The van der Waals surface area contributed by atoms with Crippen LogP contribution in [0.1, 0.15) is 25.0 Å². The van der Waals surface area contributed by atoms with Crippen molar-refractivity contribution in [3.05, 3.63) is 54.1 Å². The van der Waals surface area contributed by atoms with E-state index in [2.05, 4.69) is 0 Å². The summed E-state index contributed by atoms with van der Waals surface area (Å²) in [6, 6.07) is 15.0. The number of carbonyl (C=O) groups is 1. The van der Waals surface area contributed by atoms with Crippen molar-refractivity contribution in [1.29, 1.82) is 0 Å². The first-order chi connectivity index (χ1) is 10.2. The van der Waals surface area contributed by atoms with Gasteiger partial charge in [0.05, 0.1) is 5.69 Å². The number of rotatable bonds is 3. The van der Waals surface area contributed by atoms with Crippen molar-refractivity contribution >= 4 is 17.3 Å². The first-order valence-electron chi connectivity index (χ1n) is 7.14. The Morgan fingerprint density at radius 1 is 1.14 bits per heavy atom. The molecule has 0 aromatic heterocycles. The van der Waals surface area contributed by atoms with E-state index in [9.17, 15) is 4.79 Å². The molecular formula is C17H18N2O2. The Bertz CT molecular complexity index is 655. The van der Waals surface area contributed by atoms with Gasteiger partial charge in [0.2, 0.25) is 6.10 Å². The number of nitrogen functional groups attached to an aromatic ring is 1. The molecule has 1 amide bonds. The molecule has 0 spiro atoms. The van der Waals surface area contributed by atoms with Gasteiger partial charge in [-0.1, -0.05) is 43.3 Å². The Labute approximate surface area is 124 Å². The van der Waals surface area contributed by atoms with Crippen molar-refractivity contribution in [2.75, 3.05) is 17.2 Å². The quantitative estimate of drug-likeness (QED) is 0.880. The van der Waals surface area contributed by atoms with E-state index >= 15 is 0 Å². The maximum Gasteiger partial charge on any atom is 0.272 e. The summed E-state index contributed by atoms with van der Waals surface area (Å²) in [4.78, 5) is 14.5. The fraction of sp³-hybridized carbons (Fsp3) is 0.235. The molecule has 4 heteroatoms. The highest BCUT2D eigenvalue weighted by molar-refractivity contribution is 6.03. The highest BCUT2D eigenvalue weighted by Gasteiger charge is 2.36. The maximum atomic E-state index is 12.8. The molecule has 21 heavy (non-hydrogen) atoms.